The molecule has 0 bridgehead atoms. The van der Waals surface area contributed by atoms with Crippen LogP contribution < -0.4 is 32.6 Å². The fourth-order valence-corrected chi connectivity index (χ4v) is 7.18. The molecule has 54 heavy (non-hydrogen) atoms. The molecule has 1 aliphatic carbocycles. The third-order valence-corrected chi connectivity index (χ3v) is 10.2. The van der Waals surface area contributed by atoms with Crippen molar-refractivity contribution in [1.82, 2.24) is 10.6 Å². The topological polar surface area (TPSA) is 187 Å². The number of benzene rings is 3. The number of nitrogens with two attached hydrogens (primary N) is 2. The highest BCUT2D eigenvalue weighted by Crippen LogP contribution is 2.44. The van der Waals surface area contributed by atoms with Crippen LogP contribution in [0.5, 0.6) is 0 Å². The highest BCUT2D eigenvalue weighted by atomic mass is 16.5. The summed E-state index contributed by atoms with van der Waals surface area (Å²) in [6.07, 6.45) is 2.03. The second-order valence-electron chi connectivity index (χ2n) is 13.7. The number of ether oxygens (including phenoxy) is 1. The lowest BCUT2D eigenvalue weighted by molar-refractivity contribution is -0.128. The van der Waals surface area contributed by atoms with Crippen molar-refractivity contribution in [1.29, 1.82) is 0 Å². The van der Waals surface area contributed by atoms with Crippen molar-refractivity contribution >= 4 is 40.3 Å². The Morgan fingerprint density at radius 2 is 1.54 bits per heavy atom. The molecule has 0 unspecified atom stereocenters. The van der Waals surface area contributed by atoms with Gasteiger partial charge < -0.3 is 36.2 Å². The molecule has 4 aromatic rings. The van der Waals surface area contributed by atoms with Crippen molar-refractivity contribution in [2.75, 3.05) is 37.7 Å². The van der Waals surface area contributed by atoms with Gasteiger partial charge in [-0.25, -0.2) is 9.59 Å². The summed E-state index contributed by atoms with van der Waals surface area (Å²) in [5.74, 6) is -2.38. The summed E-state index contributed by atoms with van der Waals surface area (Å²) in [7, 11) is 0. The predicted octanol–water partition coefficient (Wildman–Crippen LogP) is 5.64. The average molecular weight is 738 g/mol. The minimum Gasteiger partial charge on any atom is -0.449 e. The van der Waals surface area contributed by atoms with E-state index in [9.17, 15) is 24.0 Å². The lowest BCUT2D eigenvalue weighted by Crippen LogP contribution is -2.43. The number of anilines is 1. The van der Waals surface area contributed by atoms with Gasteiger partial charge in [0.15, 0.2) is 5.78 Å². The first kappa shape index (κ1) is 39.7. The first-order chi connectivity index (χ1) is 26.1. The first-order valence-electron chi connectivity index (χ1n) is 18.9. The van der Waals surface area contributed by atoms with Crippen LogP contribution in [0.25, 0.3) is 22.1 Å². The van der Waals surface area contributed by atoms with Crippen LogP contribution in [0.1, 0.15) is 86.2 Å². The van der Waals surface area contributed by atoms with Crippen molar-refractivity contribution < 1.29 is 28.3 Å². The zero-order valence-corrected chi connectivity index (χ0v) is 31.1. The third-order valence-electron chi connectivity index (χ3n) is 10.2. The number of Topliss-reactive ketones (excluding diaryl/α,β-unsaturated/α-hetero) is 1. The molecule has 3 amide bonds. The summed E-state index contributed by atoms with van der Waals surface area (Å²) in [5.41, 5.74) is 16.3. The second kappa shape index (κ2) is 19.0. The van der Waals surface area contributed by atoms with E-state index in [4.69, 9.17) is 20.6 Å². The first-order valence-corrected chi connectivity index (χ1v) is 18.9. The minimum absolute atomic E-state index is 0.0942. The normalized spacial score (nSPS) is 13.1. The number of alkyl carbamates (subject to hydrolysis) is 1. The Hall–Kier alpha value is -5.49. The van der Waals surface area contributed by atoms with Crippen molar-refractivity contribution in [3.63, 3.8) is 0 Å². The van der Waals surface area contributed by atoms with E-state index in [1.807, 2.05) is 62.4 Å². The summed E-state index contributed by atoms with van der Waals surface area (Å²) < 4.78 is 11.2. The number of rotatable bonds is 20. The number of nitrogens with one attached hydrogen (secondary N) is 2. The van der Waals surface area contributed by atoms with Gasteiger partial charge in [0.25, 0.3) is 5.91 Å². The van der Waals surface area contributed by atoms with Crippen molar-refractivity contribution in [2.45, 2.75) is 70.8 Å². The van der Waals surface area contributed by atoms with E-state index in [-0.39, 0.29) is 36.8 Å². The van der Waals surface area contributed by atoms with Crippen LogP contribution in [-0.2, 0) is 14.3 Å². The van der Waals surface area contributed by atoms with Crippen LogP contribution in [0, 0.1) is 5.92 Å². The van der Waals surface area contributed by atoms with Gasteiger partial charge in [-0.05, 0) is 92.9 Å². The molecule has 286 valence electrons. The molecular formula is C42H51N5O7. The van der Waals surface area contributed by atoms with Gasteiger partial charge in [0.05, 0.1) is 6.04 Å². The number of hydrogen-bond acceptors (Lipinski definition) is 9. The Morgan fingerprint density at radius 3 is 2.19 bits per heavy atom. The van der Waals surface area contributed by atoms with Gasteiger partial charge in [-0.15, -0.1) is 0 Å². The Balaban J connectivity index is 1.11. The quantitative estimate of drug-likeness (QED) is 0.0658. The Morgan fingerprint density at radius 1 is 0.870 bits per heavy atom. The Kier molecular flexibility index (Phi) is 14.0. The molecule has 12 nitrogen and oxygen atoms in total. The molecule has 0 fully saturated rings. The van der Waals surface area contributed by atoms with Crippen molar-refractivity contribution in [2.24, 2.45) is 17.4 Å². The van der Waals surface area contributed by atoms with Gasteiger partial charge in [-0.1, -0.05) is 55.0 Å². The number of ketones is 1. The van der Waals surface area contributed by atoms with E-state index in [1.165, 1.54) is 6.07 Å². The molecule has 12 heteroatoms. The van der Waals surface area contributed by atoms with Crippen LogP contribution >= 0.6 is 0 Å². The maximum atomic E-state index is 13.5. The monoisotopic (exact) mass is 737 g/mol. The smallest absolute Gasteiger partial charge is 0.407 e. The maximum Gasteiger partial charge on any atom is 0.407 e. The SMILES string of the molecule is CCN(CC)c1ccc2cc(C(=O)NCCCC[C@H](CC(=O)[C@H](CCCCN)NC(=O)OCC3c4ccccc4-c4ccccc43)C(N)=O)c(=O)oc2c1. The highest BCUT2D eigenvalue weighted by Gasteiger charge is 2.31. The number of hydrogen-bond donors (Lipinski definition) is 4. The molecule has 0 aliphatic heterocycles. The van der Waals surface area contributed by atoms with Crippen molar-refractivity contribution in [3.8, 4) is 11.1 Å². The van der Waals surface area contributed by atoms with Crippen LogP contribution in [0.3, 0.4) is 0 Å². The fraction of sp³-hybridized carbons (Fsp3) is 0.405. The highest BCUT2D eigenvalue weighted by molar-refractivity contribution is 5.97. The standard InChI is InChI=1S/C42H51N5O7/c1-3-47(4-2)29-20-19-27-23-34(41(51)54-38(27)25-29)40(50)45-22-12-10-13-28(39(44)49)24-37(48)36(18-9-11-21-43)46-42(52)53-26-35-32-16-7-5-14-30(32)31-15-6-8-17-33(31)35/h5-8,14-17,19-20,23,25,28,35-36H,3-4,9-13,18,21-22,24,26,43H2,1-2H3,(H2,44,49)(H,45,50)(H,46,52)/t28-,36+/m1/s1. The molecule has 2 atom stereocenters. The minimum atomic E-state index is -0.870. The maximum absolute atomic E-state index is 13.5. The molecule has 5 rings (SSSR count). The van der Waals surface area contributed by atoms with Gasteiger partial charge in [0.1, 0.15) is 17.8 Å². The molecule has 1 aliphatic rings. The third kappa shape index (κ3) is 9.73. The van der Waals surface area contributed by atoms with Crippen molar-refractivity contribution in [3.05, 3.63) is 99.9 Å². The summed E-state index contributed by atoms with van der Waals surface area (Å²) in [6, 6.07) is 22.3. The van der Waals surface area contributed by atoms with Crippen LogP contribution in [0.2, 0.25) is 0 Å². The summed E-state index contributed by atoms with van der Waals surface area (Å²) in [6.45, 7) is 6.48. The summed E-state index contributed by atoms with van der Waals surface area (Å²) in [4.78, 5) is 66.7. The number of carbonyl (C=O) groups excluding carboxylic acids is 4. The molecule has 3 aromatic carbocycles. The van der Waals surface area contributed by atoms with Crippen LogP contribution in [0.4, 0.5) is 10.5 Å². The van der Waals surface area contributed by atoms with Crippen LogP contribution in [0.15, 0.2) is 82.0 Å². The van der Waals surface area contributed by atoms with Gasteiger partial charge in [0.2, 0.25) is 5.91 Å². The number of unbranched alkanes of at least 4 members (excludes halogenated alkanes) is 2. The van der Waals surface area contributed by atoms with Crippen LogP contribution in [-0.4, -0.2) is 62.5 Å². The Bertz CT molecular complexity index is 1960. The summed E-state index contributed by atoms with van der Waals surface area (Å²) in [5, 5.41) is 6.12. The molecule has 0 saturated carbocycles. The lowest BCUT2D eigenvalue weighted by atomic mass is 9.91. The average Bonchev–Trinajstić information content (AvgIpc) is 3.49. The predicted molar refractivity (Wildman–Crippen MR) is 209 cm³/mol. The van der Waals surface area contributed by atoms with E-state index in [0.717, 1.165) is 41.0 Å². The lowest BCUT2D eigenvalue weighted by Gasteiger charge is -2.21. The fourth-order valence-electron chi connectivity index (χ4n) is 7.18. The largest absolute Gasteiger partial charge is 0.449 e. The molecule has 0 radical (unpaired) electrons. The van der Waals surface area contributed by atoms with Gasteiger partial charge >= 0.3 is 11.7 Å². The van der Waals surface area contributed by atoms with E-state index >= 15 is 0 Å². The molecule has 0 spiro atoms. The van der Waals surface area contributed by atoms with E-state index in [2.05, 4.69) is 27.7 Å². The Labute approximate surface area is 315 Å². The zero-order chi connectivity index (χ0) is 38.6. The second-order valence-corrected chi connectivity index (χ2v) is 13.7. The van der Waals surface area contributed by atoms with Gasteiger partial charge in [-0.2, -0.15) is 0 Å². The number of primary amides is 1. The molecule has 0 saturated heterocycles. The molecular weight excluding hydrogens is 686 g/mol. The van der Waals surface area contributed by atoms with Gasteiger partial charge in [0, 0.05) is 55.0 Å². The van der Waals surface area contributed by atoms with E-state index in [0.29, 0.717) is 56.0 Å². The molecule has 6 N–H and O–H groups in total. The van der Waals surface area contributed by atoms with Gasteiger partial charge in [-0.3, -0.25) is 14.4 Å². The number of amides is 3. The zero-order valence-electron chi connectivity index (χ0n) is 31.1. The molecule has 1 aromatic heterocycles. The number of carbonyl (C=O) groups is 4. The molecule has 1 heterocycles. The summed E-state index contributed by atoms with van der Waals surface area (Å²) >= 11 is 0. The van der Waals surface area contributed by atoms with E-state index < -0.39 is 35.5 Å². The number of nitrogens with zero attached hydrogens (tertiary/aromatic N) is 1. The number of fused-ring (bicyclic) bond motifs is 4. The van der Waals surface area contributed by atoms with E-state index in [1.54, 1.807) is 6.07 Å².